The van der Waals surface area contributed by atoms with E-state index in [4.69, 9.17) is 4.74 Å². The van der Waals surface area contributed by atoms with E-state index >= 15 is 0 Å². The van der Waals surface area contributed by atoms with E-state index in [2.05, 4.69) is 45.1 Å². The maximum Gasteiger partial charge on any atom is 0.0472 e. The number of halogens is 1. The highest BCUT2D eigenvalue weighted by Gasteiger charge is 2.33. The SMILES string of the molecule is BrCC1(CN2CCc3ccccc3CC2)CCOCC1. The molecule has 0 bridgehead atoms. The number of nitrogens with zero attached hydrogens (tertiary/aromatic N) is 1. The molecule has 2 aliphatic heterocycles. The van der Waals surface area contributed by atoms with Gasteiger partial charge in [0.05, 0.1) is 0 Å². The zero-order valence-corrected chi connectivity index (χ0v) is 13.7. The quantitative estimate of drug-likeness (QED) is 0.785. The Morgan fingerprint density at radius 1 is 1.05 bits per heavy atom. The fourth-order valence-electron chi connectivity index (χ4n) is 3.49. The van der Waals surface area contributed by atoms with Gasteiger partial charge in [-0.2, -0.15) is 0 Å². The minimum absolute atomic E-state index is 0.425. The third kappa shape index (κ3) is 3.26. The molecule has 0 spiro atoms. The predicted octanol–water partition coefficient (Wildman–Crippen LogP) is 3.28. The summed E-state index contributed by atoms with van der Waals surface area (Å²) in [7, 11) is 0. The van der Waals surface area contributed by atoms with Crippen LogP contribution in [0.2, 0.25) is 0 Å². The van der Waals surface area contributed by atoms with Gasteiger partial charge in [-0.25, -0.2) is 0 Å². The van der Waals surface area contributed by atoms with Gasteiger partial charge in [0.25, 0.3) is 0 Å². The Morgan fingerprint density at radius 3 is 2.20 bits per heavy atom. The third-order valence-electron chi connectivity index (χ3n) is 4.91. The highest BCUT2D eigenvalue weighted by molar-refractivity contribution is 9.09. The third-order valence-corrected chi connectivity index (χ3v) is 6.10. The molecular weight excluding hydrogens is 314 g/mol. The maximum absolute atomic E-state index is 5.55. The fraction of sp³-hybridized carbons (Fsp3) is 0.647. The summed E-state index contributed by atoms with van der Waals surface area (Å²) in [5.41, 5.74) is 3.53. The number of hydrogen-bond donors (Lipinski definition) is 0. The minimum Gasteiger partial charge on any atom is -0.381 e. The van der Waals surface area contributed by atoms with Gasteiger partial charge >= 0.3 is 0 Å². The molecule has 1 aromatic rings. The van der Waals surface area contributed by atoms with Crippen molar-refractivity contribution in [2.75, 3.05) is 38.2 Å². The summed E-state index contributed by atoms with van der Waals surface area (Å²) in [6, 6.07) is 8.95. The van der Waals surface area contributed by atoms with Gasteiger partial charge in [-0.15, -0.1) is 0 Å². The van der Waals surface area contributed by atoms with Crippen LogP contribution in [0.1, 0.15) is 24.0 Å². The molecule has 0 unspecified atom stereocenters. The molecule has 2 aliphatic rings. The van der Waals surface area contributed by atoms with E-state index in [1.165, 1.54) is 45.3 Å². The molecule has 0 aliphatic carbocycles. The first-order valence-corrected chi connectivity index (χ1v) is 8.86. The molecule has 0 saturated carbocycles. The van der Waals surface area contributed by atoms with Crippen LogP contribution in [0.25, 0.3) is 0 Å². The molecule has 3 rings (SSSR count). The molecule has 110 valence electrons. The van der Waals surface area contributed by atoms with Gasteiger partial charge in [0.1, 0.15) is 0 Å². The van der Waals surface area contributed by atoms with E-state index in [1.807, 2.05) is 0 Å². The van der Waals surface area contributed by atoms with Crippen molar-refractivity contribution < 1.29 is 4.74 Å². The summed E-state index contributed by atoms with van der Waals surface area (Å²) in [6.07, 6.45) is 4.79. The number of ether oxygens (including phenoxy) is 1. The van der Waals surface area contributed by atoms with Crippen molar-refractivity contribution in [2.24, 2.45) is 5.41 Å². The molecule has 3 heteroatoms. The average molecular weight is 338 g/mol. The fourth-order valence-corrected chi connectivity index (χ4v) is 4.22. The first-order valence-electron chi connectivity index (χ1n) is 7.74. The lowest BCUT2D eigenvalue weighted by molar-refractivity contribution is 0.00878. The number of alkyl halides is 1. The van der Waals surface area contributed by atoms with Gasteiger partial charge in [-0.05, 0) is 42.2 Å². The van der Waals surface area contributed by atoms with E-state index in [9.17, 15) is 0 Å². The van der Waals surface area contributed by atoms with Crippen LogP contribution >= 0.6 is 15.9 Å². The lowest BCUT2D eigenvalue weighted by Crippen LogP contribution is -2.43. The van der Waals surface area contributed by atoms with Crippen molar-refractivity contribution in [3.63, 3.8) is 0 Å². The van der Waals surface area contributed by atoms with Crippen LogP contribution in [0.4, 0.5) is 0 Å². The predicted molar refractivity (Wildman–Crippen MR) is 86.6 cm³/mol. The highest BCUT2D eigenvalue weighted by Crippen LogP contribution is 2.34. The Hall–Kier alpha value is -0.380. The van der Waals surface area contributed by atoms with E-state index in [-0.39, 0.29) is 0 Å². The summed E-state index contributed by atoms with van der Waals surface area (Å²) in [4.78, 5) is 2.67. The molecule has 2 nitrogen and oxygen atoms in total. The lowest BCUT2D eigenvalue weighted by Gasteiger charge is -2.39. The van der Waals surface area contributed by atoms with Crippen LogP contribution in [-0.4, -0.2) is 43.1 Å². The molecular formula is C17H24BrNO. The summed E-state index contributed by atoms with van der Waals surface area (Å²) in [5.74, 6) is 0. The van der Waals surface area contributed by atoms with Crippen molar-refractivity contribution in [3.05, 3.63) is 35.4 Å². The topological polar surface area (TPSA) is 12.5 Å². The van der Waals surface area contributed by atoms with Crippen LogP contribution in [-0.2, 0) is 17.6 Å². The standard InChI is InChI=1S/C17H24BrNO/c18-13-17(7-11-20-12-8-17)14-19-9-5-15-3-1-2-4-16(15)6-10-19/h1-4H,5-14H2. The van der Waals surface area contributed by atoms with Gasteiger partial charge in [-0.3, -0.25) is 0 Å². The smallest absolute Gasteiger partial charge is 0.0472 e. The van der Waals surface area contributed by atoms with Gasteiger partial charge in [0, 0.05) is 38.2 Å². The number of fused-ring (bicyclic) bond motifs is 1. The van der Waals surface area contributed by atoms with Gasteiger partial charge in [0.2, 0.25) is 0 Å². The Bertz CT molecular complexity index is 415. The molecule has 20 heavy (non-hydrogen) atoms. The zero-order valence-electron chi connectivity index (χ0n) is 12.1. The van der Waals surface area contributed by atoms with E-state index in [1.54, 1.807) is 11.1 Å². The Morgan fingerprint density at radius 2 is 1.65 bits per heavy atom. The average Bonchev–Trinajstić information content (AvgIpc) is 2.71. The molecule has 1 fully saturated rings. The Balaban J connectivity index is 1.64. The largest absolute Gasteiger partial charge is 0.381 e. The van der Waals surface area contributed by atoms with E-state index in [0.717, 1.165) is 18.5 Å². The second-order valence-corrected chi connectivity index (χ2v) is 6.85. The van der Waals surface area contributed by atoms with Crippen LogP contribution in [0.3, 0.4) is 0 Å². The lowest BCUT2D eigenvalue weighted by atomic mass is 9.82. The molecule has 0 N–H and O–H groups in total. The molecule has 0 atom stereocenters. The second kappa shape index (κ2) is 6.59. The van der Waals surface area contributed by atoms with Crippen molar-refractivity contribution in [3.8, 4) is 0 Å². The van der Waals surface area contributed by atoms with Gasteiger partial charge < -0.3 is 9.64 Å². The van der Waals surface area contributed by atoms with E-state index < -0.39 is 0 Å². The maximum atomic E-state index is 5.55. The molecule has 1 aromatic carbocycles. The van der Waals surface area contributed by atoms with Crippen molar-refractivity contribution in [1.82, 2.24) is 4.90 Å². The van der Waals surface area contributed by atoms with E-state index in [0.29, 0.717) is 5.41 Å². The van der Waals surface area contributed by atoms with Crippen LogP contribution in [0, 0.1) is 5.41 Å². The second-order valence-electron chi connectivity index (χ2n) is 6.29. The molecule has 0 amide bonds. The highest BCUT2D eigenvalue weighted by atomic mass is 79.9. The van der Waals surface area contributed by atoms with Crippen LogP contribution in [0.15, 0.2) is 24.3 Å². The summed E-state index contributed by atoms with van der Waals surface area (Å²) < 4.78 is 5.55. The number of rotatable bonds is 3. The molecule has 0 aromatic heterocycles. The molecule has 2 heterocycles. The van der Waals surface area contributed by atoms with Gasteiger partial charge in [0.15, 0.2) is 0 Å². The molecule has 0 radical (unpaired) electrons. The van der Waals surface area contributed by atoms with Crippen LogP contribution in [0.5, 0.6) is 0 Å². The monoisotopic (exact) mass is 337 g/mol. The first-order chi connectivity index (χ1) is 9.81. The summed E-state index contributed by atoms with van der Waals surface area (Å²) in [6.45, 7) is 5.48. The summed E-state index contributed by atoms with van der Waals surface area (Å²) in [5, 5.41) is 1.10. The normalized spacial score (nSPS) is 23.1. The summed E-state index contributed by atoms with van der Waals surface area (Å²) >= 11 is 3.76. The first kappa shape index (κ1) is 14.6. The van der Waals surface area contributed by atoms with Crippen molar-refractivity contribution in [2.45, 2.75) is 25.7 Å². The molecule has 1 saturated heterocycles. The van der Waals surface area contributed by atoms with Crippen LogP contribution < -0.4 is 0 Å². The Labute approximate surface area is 130 Å². The van der Waals surface area contributed by atoms with Crippen molar-refractivity contribution in [1.29, 1.82) is 0 Å². The van der Waals surface area contributed by atoms with Crippen molar-refractivity contribution >= 4 is 15.9 Å². The number of benzene rings is 1. The van der Waals surface area contributed by atoms with Gasteiger partial charge in [-0.1, -0.05) is 40.2 Å². The number of hydrogen-bond acceptors (Lipinski definition) is 2. The zero-order chi connectivity index (χ0) is 13.8. The Kier molecular flexibility index (Phi) is 4.79. The minimum atomic E-state index is 0.425.